The summed E-state index contributed by atoms with van der Waals surface area (Å²) in [6.45, 7) is 3.42. The Morgan fingerprint density at radius 3 is 2.82 bits per heavy atom. The molecule has 4 rings (SSSR count). The second-order valence-electron chi connectivity index (χ2n) is 8.97. The van der Waals surface area contributed by atoms with E-state index in [1.807, 2.05) is 0 Å². The number of halogens is 2. The molecule has 2 atom stereocenters. The number of carbonyl (C=O) groups excluding carboxylic acids is 1. The molecule has 8 nitrogen and oxygen atoms in total. The number of nitrogens with one attached hydrogen (secondary N) is 2. The van der Waals surface area contributed by atoms with Gasteiger partial charge in [0.05, 0.1) is 15.6 Å². The number of carboxylic acid groups (broad SMARTS) is 1. The Hall–Kier alpha value is -2.42. The van der Waals surface area contributed by atoms with Gasteiger partial charge in [0.25, 0.3) is 5.91 Å². The predicted octanol–water partition coefficient (Wildman–Crippen LogP) is 3.67. The number of amides is 1. The van der Waals surface area contributed by atoms with Gasteiger partial charge in [-0.25, -0.2) is 9.78 Å². The van der Waals surface area contributed by atoms with Gasteiger partial charge < -0.3 is 20.6 Å². The first-order chi connectivity index (χ1) is 16.4. The van der Waals surface area contributed by atoms with Crippen molar-refractivity contribution in [1.29, 1.82) is 0 Å². The summed E-state index contributed by atoms with van der Waals surface area (Å²) in [6.07, 6.45) is 8.23. The molecule has 1 saturated heterocycles. The number of carbonyl (C=O) groups is 2. The van der Waals surface area contributed by atoms with E-state index in [2.05, 4.69) is 32.7 Å². The fourth-order valence-corrected chi connectivity index (χ4v) is 5.18. The van der Waals surface area contributed by atoms with Gasteiger partial charge in [0, 0.05) is 37.7 Å². The number of likely N-dealkylation sites (tertiary alicyclic amines) is 1. The molecule has 2 aliphatic heterocycles. The minimum atomic E-state index is -1.09. The summed E-state index contributed by atoms with van der Waals surface area (Å²) in [5.74, 6) is -0.111. The Kier molecular flexibility index (Phi) is 8.24. The summed E-state index contributed by atoms with van der Waals surface area (Å²) in [4.78, 5) is 35.2. The molecular weight excluding hydrogens is 477 g/mol. The molecule has 34 heavy (non-hydrogen) atoms. The monoisotopic (exact) mass is 505 g/mol. The maximum atomic E-state index is 12.6. The summed E-state index contributed by atoms with van der Waals surface area (Å²) in [7, 11) is 0. The van der Waals surface area contributed by atoms with Crippen molar-refractivity contribution >= 4 is 40.9 Å². The van der Waals surface area contributed by atoms with E-state index in [1.54, 1.807) is 0 Å². The first-order valence-electron chi connectivity index (χ1n) is 11.7. The quantitative estimate of drug-likeness (QED) is 0.477. The Labute approximate surface area is 209 Å². The summed E-state index contributed by atoms with van der Waals surface area (Å²) >= 11 is 12.0. The van der Waals surface area contributed by atoms with Gasteiger partial charge in [0.1, 0.15) is 11.9 Å². The van der Waals surface area contributed by atoms with Crippen LogP contribution >= 0.6 is 23.2 Å². The van der Waals surface area contributed by atoms with Gasteiger partial charge in [-0.05, 0) is 62.6 Å². The number of aliphatic carboxylic acids is 1. The molecular formula is C24H29Cl2N5O3. The van der Waals surface area contributed by atoms with Crippen molar-refractivity contribution in [2.24, 2.45) is 5.92 Å². The number of carboxylic acids is 1. The van der Waals surface area contributed by atoms with Crippen LogP contribution in [0.25, 0.3) is 0 Å². The van der Waals surface area contributed by atoms with Crippen LogP contribution < -0.4 is 10.6 Å². The molecule has 0 spiro atoms. The van der Waals surface area contributed by atoms with Crippen molar-refractivity contribution in [3.05, 3.63) is 51.4 Å². The van der Waals surface area contributed by atoms with Crippen LogP contribution in [0.3, 0.4) is 0 Å². The van der Waals surface area contributed by atoms with E-state index in [1.165, 1.54) is 18.0 Å². The number of hydrogen-bond acceptors (Lipinski definition) is 6. The maximum Gasteiger partial charge on any atom is 0.326 e. The van der Waals surface area contributed by atoms with Gasteiger partial charge in [0.15, 0.2) is 0 Å². The largest absolute Gasteiger partial charge is 0.480 e. The fourth-order valence-electron chi connectivity index (χ4n) is 4.64. The van der Waals surface area contributed by atoms with Gasteiger partial charge in [0.2, 0.25) is 0 Å². The number of fused-ring (bicyclic) bond motifs is 1. The minimum absolute atomic E-state index is 0.0387. The minimum Gasteiger partial charge on any atom is -0.480 e. The highest BCUT2D eigenvalue weighted by atomic mass is 35.5. The van der Waals surface area contributed by atoms with Crippen LogP contribution in [0.4, 0.5) is 5.82 Å². The maximum absolute atomic E-state index is 12.6. The lowest BCUT2D eigenvalue weighted by Gasteiger charge is -2.20. The molecule has 1 fully saturated rings. The molecule has 1 amide bonds. The third-order valence-electron chi connectivity index (χ3n) is 6.55. The third kappa shape index (κ3) is 6.17. The lowest BCUT2D eigenvalue weighted by atomic mass is 10.00. The van der Waals surface area contributed by atoms with Gasteiger partial charge in [-0.2, -0.15) is 0 Å². The van der Waals surface area contributed by atoms with Crippen LogP contribution in [0.2, 0.25) is 10.0 Å². The van der Waals surface area contributed by atoms with Crippen LogP contribution in [0.5, 0.6) is 0 Å². The van der Waals surface area contributed by atoms with Gasteiger partial charge in [-0.15, -0.1) is 0 Å². The molecule has 0 unspecified atom stereocenters. The molecule has 2 aromatic rings. The van der Waals surface area contributed by atoms with Crippen molar-refractivity contribution in [2.75, 3.05) is 31.5 Å². The first-order valence-corrected chi connectivity index (χ1v) is 12.4. The molecule has 2 aromatic heterocycles. The lowest BCUT2D eigenvalue weighted by Crippen LogP contribution is -2.43. The highest BCUT2D eigenvalue weighted by Crippen LogP contribution is 2.25. The van der Waals surface area contributed by atoms with Crippen LogP contribution in [0.15, 0.2) is 24.5 Å². The Morgan fingerprint density at radius 2 is 2.06 bits per heavy atom. The molecule has 0 aliphatic carbocycles. The molecule has 0 saturated carbocycles. The number of pyridine rings is 2. The van der Waals surface area contributed by atoms with Crippen LogP contribution in [-0.4, -0.2) is 64.1 Å². The standard InChI is InChI=1S/C24H29Cl2N5O3/c25-18-12-27-13-19(26)21(18)23(32)30-20(24(33)34)8-11-31-10-7-15(14-31)3-5-17-6-4-16-2-1-9-28-22(16)29-17/h4,6,12-13,15,20H,1-3,5,7-11,14H2,(H,28,29)(H,30,32)(H,33,34)/t15-,20-/m1/s1. The van der Waals surface area contributed by atoms with Crippen molar-refractivity contribution in [1.82, 2.24) is 20.2 Å². The van der Waals surface area contributed by atoms with Gasteiger partial charge in [-0.3, -0.25) is 9.78 Å². The normalized spacial score (nSPS) is 18.7. The second-order valence-corrected chi connectivity index (χ2v) is 9.78. The van der Waals surface area contributed by atoms with Crippen molar-refractivity contribution in [2.45, 2.75) is 44.6 Å². The number of hydrogen-bond donors (Lipinski definition) is 3. The smallest absolute Gasteiger partial charge is 0.326 e. The van der Waals surface area contributed by atoms with Crippen molar-refractivity contribution in [3.8, 4) is 0 Å². The Balaban J connectivity index is 1.24. The highest BCUT2D eigenvalue weighted by molar-refractivity contribution is 6.39. The number of rotatable bonds is 9. The topological polar surface area (TPSA) is 107 Å². The first kappa shape index (κ1) is 24.7. The molecule has 0 radical (unpaired) electrons. The lowest BCUT2D eigenvalue weighted by molar-refractivity contribution is -0.139. The average molecular weight is 506 g/mol. The number of nitrogens with zero attached hydrogens (tertiary/aromatic N) is 3. The predicted molar refractivity (Wildman–Crippen MR) is 132 cm³/mol. The third-order valence-corrected chi connectivity index (χ3v) is 7.12. The van der Waals surface area contributed by atoms with E-state index >= 15 is 0 Å². The zero-order chi connectivity index (χ0) is 24.1. The molecule has 3 N–H and O–H groups in total. The van der Waals surface area contributed by atoms with E-state index in [-0.39, 0.29) is 15.6 Å². The Bertz CT molecular complexity index is 1030. The molecule has 0 aromatic carbocycles. The molecule has 10 heteroatoms. The second kappa shape index (κ2) is 11.3. The molecule has 182 valence electrons. The molecule has 2 aliphatic rings. The SMILES string of the molecule is O=C(N[C@H](CCN1CC[C@@H](CCc2ccc3c(n2)NCCC3)C1)C(=O)O)c1c(Cl)cncc1Cl. The van der Waals surface area contributed by atoms with E-state index in [9.17, 15) is 14.7 Å². The van der Waals surface area contributed by atoms with Crippen LogP contribution in [-0.2, 0) is 17.6 Å². The average Bonchev–Trinajstić information content (AvgIpc) is 3.28. The van der Waals surface area contributed by atoms with Crippen molar-refractivity contribution in [3.63, 3.8) is 0 Å². The Morgan fingerprint density at radius 1 is 1.26 bits per heavy atom. The van der Waals surface area contributed by atoms with Gasteiger partial charge >= 0.3 is 5.97 Å². The zero-order valence-corrected chi connectivity index (χ0v) is 20.4. The molecule has 4 heterocycles. The van der Waals surface area contributed by atoms with E-state index in [0.717, 1.165) is 63.3 Å². The van der Waals surface area contributed by atoms with Gasteiger partial charge in [-0.1, -0.05) is 29.3 Å². The summed E-state index contributed by atoms with van der Waals surface area (Å²) in [6, 6.07) is 3.30. The number of aromatic nitrogens is 2. The van der Waals surface area contributed by atoms with E-state index < -0.39 is 17.9 Å². The summed E-state index contributed by atoms with van der Waals surface area (Å²) in [5.41, 5.74) is 2.46. The molecule has 0 bridgehead atoms. The van der Waals surface area contributed by atoms with Crippen LogP contribution in [0, 0.1) is 5.92 Å². The number of anilines is 1. The summed E-state index contributed by atoms with van der Waals surface area (Å²) < 4.78 is 0. The zero-order valence-electron chi connectivity index (χ0n) is 18.9. The van der Waals surface area contributed by atoms with Crippen molar-refractivity contribution < 1.29 is 14.7 Å². The number of aryl methyl sites for hydroxylation is 2. The van der Waals surface area contributed by atoms with Crippen LogP contribution in [0.1, 0.15) is 47.3 Å². The van der Waals surface area contributed by atoms with E-state index in [0.29, 0.717) is 18.9 Å². The van der Waals surface area contributed by atoms with E-state index in [4.69, 9.17) is 28.2 Å². The fraction of sp³-hybridized carbons (Fsp3) is 0.500. The summed E-state index contributed by atoms with van der Waals surface area (Å²) in [5, 5.41) is 15.7. The highest BCUT2D eigenvalue weighted by Gasteiger charge is 2.27.